The molecular formula is C48H62N2O8. The second-order valence-electron chi connectivity index (χ2n) is 17.7. The van der Waals surface area contributed by atoms with Crippen LogP contribution < -0.4 is 10.1 Å². The highest BCUT2D eigenvalue weighted by molar-refractivity contribution is 5.64. The smallest absolute Gasteiger partial charge is 0.201 e. The molecule has 11 unspecified atom stereocenters. The monoisotopic (exact) mass is 794 g/mol. The fraction of sp³-hybridized carbons (Fsp3) is 0.542. The number of phenols is 3. The lowest BCUT2D eigenvalue weighted by atomic mass is 9.57. The molecule has 58 heavy (non-hydrogen) atoms. The lowest BCUT2D eigenvalue weighted by Crippen LogP contribution is -2.45. The third kappa shape index (κ3) is 7.98. The number of rotatable bonds is 12. The number of benzene rings is 3. The average Bonchev–Trinajstić information content (AvgIpc) is 3.77. The van der Waals surface area contributed by atoms with Crippen LogP contribution >= 0.6 is 0 Å². The number of aromatic hydroxyl groups is 3. The van der Waals surface area contributed by atoms with Gasteiger partial charge in [-0.25, -0.2) is 0 Å². The maximum Gasteiger partial charge on any atom is 0.201 e. The number of phenolic OH excluding ortho intramolecular Hbond substituents is 2. The first-order chi connectivity index (χ1) is 28.2. The van der Waals surface area contributed by atoms with Crippen LogP contribution in [0.5, 0.6) is 23.0 Å². The highest BCUT2D eigenvalue weighted by atomic mass is 16.5. The lowest BCUT2D eigenvalue weighted by molar-refractivity contribution is -0.154. The molecule has 0 bridgehead atoms. The van der Waals surface area contributed by atoms with E-state index < -0.39 is 36.4 Å². The molecule has 0 amide bonds. The van der Waals surface area contributed by atoms with E-state index in [4.69, 9.17) is 9.47 Å². The Morgan fingerprint density at radius 3 is 2.43 bits per heavy atom. The van der Waals surface area contributed by atoms with Gasteiger partial charge in [0.2, 0.25) is 5.75 Å². The van der Waals surface area contributed by atoms with Gasteiger partial charge in [0.25, 0.3) is 0 Å². The zero-order valence-corrected chi connectivity index (χ0v) is 33.9. The van der Waals surface area contributed by atoms with Crippen molar-refractivity contribution in [1.29, 1.82) is 0 Å². The predicted octanol–water partition coefficient (Wildman–Crippen LogP) is 7.49. The summed E-state index contributed by atoms with van der Waals surface area (Å²) in [6, 6.07) is 18.9. The minimum absolute atomic E-state index is 0.0447. The highest BCUT2D eigenvalue weighted by Gasteiger charge is 2.47. The number of aliphatic hydroxyl groups excluding tert-OH is 3. The van der Waals surface area contributed by atoms with E-state index in [-0.39, 0.29) is 47.5 Å². The number of ether oxygens (including phenoxy) is 2. The van der Waals surface area contributed by atoms with Crippen molar-refractivity contribution in [3.8, 4) is 23.0 Å². The second kappa shape index (κ2) is 17.7. The quantitative estimate of drug-likeness (QED) is 0.0678. The van der Waals surface area contributed by atoms with E-state index in [0.29, 0.717) is 54.0 Å². The molecule has 10 nitrogen and oxygen atoms in total. The van der Waals surface area contributed by atoms with Crippen molar-refractivity contribution < 1.29 is 40.1 Å². The van der Waals surface area contributed by atoms with Crippen molar-refractivity contribution in [3.63, 3.8) is 0 Å². The zero-order valence-electron chi connectivity index (χ0n) is 33.9. The molecule has 1 aromatic heterocycles. The van der Waals surface area contributed by atoms with E-state index in [9.17, 15) is 30.6 Å². The minimum atomic E-state index is -0.668. The van der Waals surface area contributed by atoms with Crippen molar-refractivity contribution in [2.24, 2.45) is 23.7 Å². The molecule has 312 valence electrons. The van der Waals surface area contributed by atoms with Gasteiger partial charge in [-0.3, -0.25) is 0 Å². The molecule has 8 N–H and O–H groups in total. The topological polar surface area (TPSA) is 168 Å². The van der Waals surface area contributed by atoms with Gasteiger partial charge in [0.15, 0.2) is 11.5 Å². The summed E-state index contributed by atoms with van der Waals surface area (Å²) in [5, 5.41) is 71.5. The van der Waals surface area contributed by atoms with Gasteiger partial charge in [0, 0.05) is 48.3 Å². The van der Waals surface area contributed by atoms with Crippen LogP contribution in [-0.2, 0) is 24.2 Å². The number of fused-ring (bicyclic) bond motifs is 2. The number of aryl methyl sites for hydroxylation is 1. The molecule has 2 heterocycles. The molecule has 0 radical (unpaired) electrons. The molecule has 3 saturated carbocycles. The van der Waals surface area contributed by atoms with Crippen molar-refractivity contribution >= 4 is 0 Å². The molecule has 10 heteroatoms. The Kier molecular flexibility index (Phi) is 12.4. The number of methoxy groups -OCH3 is 1. The van der Waals surface area contributed by atoms with E-state index in [0.717, 1.165) is 68.1 Å². The molecular weight excluding hydrogens is 733 g/mol. The third-order valence-corrected chi connectivity index (χ3v) is 14.7. The second-order valence-corrected chi connectivity index (χ2v) is 17.7. The summed E-state index contributed by atoms with van der Waals surface area (Å²) in [7, 11) is 3.50. The number of aliphatic hydroxyl groups is 3. The molecule has 3 aromatic carbocycles. The van der Waals surface area contributed by atoms with Crippen LogP contribution in [0.1, 0.15) is 121 Å². The van der Waals surface area contributed by atoms with E-state index >= 15 is 0 Å². The predicted molar refractivity (Wildman–Crippen MR) is 222 cm³/mol. The number of aromatic nitrogens is 1. The van der Waals surface area contributed by atoms with Gasteiger partial charge in [-0.1, -0.05) is 42.5 Å². The van der Waals surface area contributed by atoms with Crippen molar-refractivity contribution in [2.45, 2.75) is 126 Å². The summed E-state index contributed by atoms with van der Waals surface area (Å²) < 4.78 is 12.6. The maximum atomic E-state index is 11.9. The summed E-state index contributed by atoms with van der Waals surface area (Å²) in [5.41, 5.74) is 5.56. The van der Waals surface area contributed by atoms with E-state index in [1.807, 2.05) is 36.7 Å². The number of H-pyrrole nitrogens is 1. The Morgan fingerprint density at radius 1 is 0.879 bits per heavy atom. The van der Waals surface area contributed by atoms with Crippen LogP contribution in [-0.4, -0.2) is 74.1 Å². The molecule has 0 spiro atoms. The normalized spacial score (nSPS) is 30.3. The number of hydrogen-bond donors (Lipinski definition) is 8. The zero-order chi connectivity index (χ0) is 40.5. The standard InChI is InChI=1S/C48H62N2O8/c1-49-32-12-15-33-31(21-32)10-14-35(39(52)16-8-27-6-4-3-5-7-27)44(33)36-22-29(11-17-40(36)53)30-9-13-34-41(54)24-43(58-42(34)23-30)45-37(20-28-18-19-50-25-28)48(57-2)47(56)46(55)38(45)26-51/h3-7,11,17-19,22,25,30-35,39,41-44,49-56H,8-10,12-16,20-21,23-24,26H2,1-2H3. The van der Waals surface area contributed by atoms with Crippen LogP contribution in [0.25, 0.3) is 0 Å². The first kappa shape index (κ1) is 40.7. The van der Waals surface area contributed by atoms with Gasteiger partial charge in [0.05, 0.1) is 38.1 Å². The molecule has 1 aliphatic heterocycles. The first-order valence-corrected chi connectivity index (χ1v) is 21.6. The molecule has 4 aromatic rings. The number of aromatic amines is 1. The van der Waals surface area contributed by atoms with E-state index in [2.05, 4.69) is 47.7 Å². The van der Waals surface area contributed by atoms with Gasteiger partial charge in [-0.2, -0.15) is 0 Å². The van der Waals surface area contributed by atoms with Crippen molar-refractivity contribution in [3.05, 3.63) is 106 Å². The maximum absolute atomic E-state index is 11.9. The van der Waals surface area contributed by atoms with Crippen molar-refractivity contribution in [1.82, 2.24) is 10.3 Å². The summed E-state index contributed by atoms with van der Waals surface area (Å²) in [6.45, 7) is -0.525. The Bertz CT molecular complexity index is 1990. The van der Waals surface area contributed by atoms with Gasteiger partial charge < -0.3 is 50.4 Å². The van der Waals surface area contributed by atoms with Crippen LogP contribution in [0, 0.1) is 23.7 Å². The Balaban J connectivity index is 1.08. The molecule has 8 rings (SSSR count). The summed E-state index contributed by atoms with van der Waals surface area (Å²) in [5.74, 6) is 0.593. The fourth-order valence-corrected chi connectivity index (χ4v) is 11.8. The summed E-state index contributed by atoms with van der Waals surface area (Å²) in [6.07, 6.45) is 11.3. The summed E-state index contributed by atoms with van der Waals surface area (Å²) >= 11 is 0. The SMILES string of the molecule is CNC1CCC2C(CCC(C(O)CCc3ccccc3)C2c2cc(C3CCC4C(O)CC(c5c(CO)c(O)c(O)c(OC)c5Cc5cc[nH]c5)OC4C3)ccc2O)C1. The van der Waals surface area contributed by atoms with Crippen LogP contribution in [0.3, 0.4) is 0 Å². The third-order valence-electron chi connectivity index (χ3n) is 14.7. The van der Waals surface area contributed by atoms with Crippen molar-refractivity contribution in [2.75, 3.05) is 14.2 Å². The molecule has 11 atom stereocenters. The Hall–Kier alpha value is -4.06. The van der Waals surface area contributed by atoms with Crippen LogP contribution in [0.15, 0.2) is 67.0 Å². The van der Waals surface area contributed by atoms with Crippen LogP contribution in [0.2, 0.25) is 0 Å². The summed E-state index contributed by atoms with van der Waals surface area (Å²) in [4.78, 5) is 3.07. The van der Waals surface area contributed by atoms with Gasteiger partial charge >= 0.3 is 0 Å². The molecule has 3 aliphatic carbocycles. The highest BCUT2D eigenvalue weighted by Crippen LogP contribution is 2.56. The van der Waals surface area contributed by atoms with Crippen LogP contribution in [0.4, 0.5) is 0 Å². The van der Waals surface area contributed by atoms with Gasteiger partial charge in [-0.15, -0.1) is 0 Å². The molecule has 1 saturated heterocycles. The minimum Gasteiger partial charge on any atom is -0.508 e. The van der Waals surface area contributed by atoms with E-state index in [1.165, 1.54) is 12.7 Å². The lowest BCUT2D eigenvalue weighted by Gasteiger charge is -2.49. The van der Waals surface area contributed by atoms with E-state index in [1.54, 1.807) is 0 Å². The fourth-order valence-electron chi connectivity index (χ4n) is 11.8. The first-order valence-electron chi connectivity index (χ1n) is 21.6. The molecule has 4 fully saturated rings. The number of hydrogen-bond acceptors (Lipinski definition) is 9. The van der Waals surface area contributed by atoms with Gasteiger partial charge in [0.1, 0.15) is 5.75 Å². The Morgan fingerprint density at radius 2 is 1.69 bits per heavy atom. The average molecular weight is 795 g/mol. The van der Waals surface area contributed by atoms with Gasteiger partial charge in [-0.05, 0) is 141 Å². The largest absolute Gasteiger partial charge is 0.508 e. The molecule has 4 aliphatic rings. The number of nitrogens with one attached hydrogen (secondary N) is 2. The Labute approximate surface area is 342 Å².